The minimum atomic E-state index is 0.480. The monoisotopic (exact) mass is 436 g/mol. The molecule has 166 valence electrons. The van der Waals surface area contributed by atoms with Crippen LogP contribution in [-0.4, -0.2) is 31.7 Å². The first-order chi connectivity index (χ1) is 16.2. The molecule has 0 radical (unpaired) electrons. The number of nitrogen functional groups attached to an aromatic ring is 1. The lowest BCUT2D eigenvalue weighted by Gasteiger charge is -2.30. The maximum atomic E-state index is 6.77. The maximum Gasteiger partial charge on any atom is 0.165 e. The number of nitrogens with two attached hydrogens (primary N) is 1. The number of pyridine rings is 1. The Morgan fingerprint density at radius 1 is 0.848 bits per heavy atom. The van der Waals surface area contributed by atoms with Crippen molar-refractivity contribution in [3.8, 4) is 22.4 Å². The molecule has 2 unspecified atom stereocenters. The molecule has 4 aromatic rings. The van der Waals surface area contributed by atoms with Crippen LogP contribution in [0.1, 0.15) is 61.6 Å². The van der Waals surface area contributed by atoms with Crippen molar-refractivity contribution in [3.05, 3.63) is 66.1 Å². The molecule has 6 nitrogen and oxygen atoms in total. The highest BCUT2D eigenvalue weighted by Crippen LogP contribution is 2.48. The fourth-order valence-corrected chi connectivity index (χ4v) is 5.96. The van der Waals surface area contributed by atoms with Gasteiger partial charge in [-0.25, -0.2) is 4.98 Å². The number of nitrogens with zero attached hydrogens (tertiary/aromatic N) is 4. The lowest BCUT2D eigenvalue weighted by molar-refractivity contribution is 0.357. The molecule has 3 aliphatic rings. The molecule has 7 rings (SSSR count). The van der Waals surface area contributed by atoms with Gasteiger partial charge in [0.2, 0.25) is 0 Å². The first-order valence-corrected chi connectivity index (χ1v) is 12.2. The zero-order valence-electron chi connectivity index (χ0n) is 18.6. The molecular weight excluding hydrogens is 408 g/mol. The van der Waals surface area contributed by atoms with Crippen molar-refractivity contribution in [2.75, 3.05) is 5.73 Å². The summed E-state index contributed by atoms with van der Waals surface area (Å²) in [6, 6.07) is 15.7. The summed E-state index contributed by atoms with van der Waals surface area (Å²) in [6.07, 6.45) is 11.1. The Bertz CT molecular complexity index is 1310. The Labute approximate surface area is 193 Å². The normalized spacial score (nSPS) is 24.4. The molecule has 2 saturated heterocycles. The molecule has 3 fully saturated rings. The Hall–Kier alpha value is -3.25. The van der Waals surface area contributed by atoms with E-state index in [0.29, 0.717) is 23.9 Å². The van der Waals surface area contributed by atoms with Crippen molar-refractivity contribution in [2.24, 2.45) is 0 Å². The average Bonchev–Trinajstić information content (AvgIpc) is 3.51. The molecule has 33 heavy (non-hydrogen) atoms. The summed E-state index contributed by atoms with van der Waals surface area (Å²) in [5, 5.41) is 8.44. The van der Waals surface area contributed by atoms with Gasteiger partial charge in [-0.3, -0.25) is 4.98 Å². The number of benzene rings is 1. The number of fused-ring (bicyclic) bond motifs is 3. The highest BCUT2D eigenvalue weighted by molar-refractivity contribution is 5.79. The maximum absolute atomic E-state index is 6.77. The van der Waals surface area contributed by atoms with E-state index in [4.69, 9.17) is 15.7 Å². The number of nitrogens with one attached hydrogen (secondary N) is 1. The van der Waals surface area contributed by atoms with E-state index in [9.17, 15) is 0 Å². The van der Waals surface area contributed by atoms with E-state index in [1.807, 2.05) is 35.1 Å². The molecule has 2 aliphatic heterocycles. The molecule has 0 amide bonds. The number of rotatable bonds is 4. The standard InChI is InChI=1S/C27H28N6/c28-26-24(17-6-7-17)25(19-12-20-9-10-21(13-19)31-20)32-27-22(15-30-33(26)27)18-8-11-23(29-14-18)16-4-2-1-3-5-16/h1-5,8,11,14-15,17,19-21,31H,6-7,9-10,12-13,28H2/t19?,20-,21?/m1/s1. The molecule has 3 N–H and O–H groups in total. The van der Waals surface area contributed by atoms with Gasteiger partial charge in [-0.15, -0.1) is 0 Å². The number of piperidine rings is 1. The van der Waals surface area contributed by atoms with Gasteiger partial charge >= 0.3 is 0 Å². The van der Waals surface area contributed by atoms with Crippen LogP contribution in [0.4, 0.5) is 5.82 Å². The summed E-state index contributed by atoms with van der Waals surface area (Å²) < 4.78 is 1.85. The van der Waals surface area contributed by atoms with Crippen LogP contribution >= 0.6 is 0 Å². The molecule has 2 bridgehead atoms. The first kappa shape index (κ1) is 19.2. The molecular formula is C27H28N6. The van der Waals surface area contributed by atoms with E-state index in [0.717, 1.165) is 46.7 Å². The largest absolute Gasteiger partial charge is 0.383 e. The highest BCUT2D eigenvalue weighted by Gasteiger charge is 2.39. The van der Waals surface area contributed by atoms with Crippen molar-refractivity contribution in [3.63, 3.8) is 0 Å². The van der Waals surface area contributed by atoms with E-state index in [1.165, 1.54) is 36.9 Å². The van der Waals surface area contributed by atoms with Crippen LogP contribution in [0, 0.1) is 0 Å². The van der Waals surface area contributed by atoms with E-state index < -0.39 is 0 Å². The van der Waals surface area contributed by atoms with Crippen LogP contribution < -0.4 is 11.1 Å². The Kier molecular flexibility index (Phi) is 4.31. The molecule has 1 saturated carbocycles. The number of hydrogen-bond acceptors (Lipinski definition) is 5. The van der Waals surface area contributed by atoms with E-state index in [1.54, 1.807) is 0 Å². The van der Waals surface area contributed by atoms with Gasteiger partial charge in [0, 0.05) is 46.5 Å². The van der Waals surface area contributed by atoms with Crippen LogP contribution in [0.25, 0.3) is 28.0 Å². The van der Waals surface area contributed by atoms with Crippen molar-refractivity contribution in [1.29, 1.82) is 0 Å². The fraction of sp³-hybridized carbons (Fsp3) is 0.370. The summed E-state index contributed by atoms with van der Waals surface area (Å²) in [5.41, 5.74) is 14.2. The highest BCUT2D eigenvalue weighted by atomic mass is 15.3. The number of anilines is 1. The zero-order valence-corrected chi connectivity index (χ0v) is 18.6. The smallest absolute Gasteiger partial charge is 0.165 e. The molecule has 0 spiro atoms. The second kappa shape index (κ2) is 7.39. The van der Waals surface area contributed by atoms with Crippen molar-refractivity contribution >= 4 is 11.5 Å². The van der Waals surface area contributed by atoms with Gasteiger partial charge in [0.25, 0.3) is 0 Å². The average molecular weight is 437 g/mol. The summed E-state index contributed by atoms with van der Waals surface area (Å²) in [4.78, 5) is 10.0. The van der Waals surface area contributed by atoms with Crippen molar-refractivity contribution in [1.82, 2.24) is 24.9 Å². The lowest BCUT2D eigenvalue weighted by atomic mass is 9.86. The minimum Gasteiger partial charge on any atom is -0.383 e. The molecule has 1 aromatic carbocycles. The number of hydrogen-bond donors (Lipinski definition) is 2. The zero-order chi connectivity index (χ0) is 21.9. The Morgan fingerprint density at radius 3 is 2.33 bits per heavy atom. The van der Waals surface area contributed by atoms with Gasteiger partial charge in [0.1, 0.15) is 5.82 Å². The first-order valence-electron chi connectivity index (χ1n) is 12.2. The van der Waals surface area contributed by atoms with Gasteiger partial charge in [0.15, 0.2) is 5.65 Å². The van der Waals surface area contributed by atoms with Crippen LogP contribution in [0.15, 0.2) is 54.9 Å². The fourth-order valence-electron chi connectivity index (χ4n) is 5.96. The topological polar surface area (TPSA) is 81.1 Å². The predicted octanol–water partition coefficient (Wildman–Crippen LogP) is 4.92. The molecule has 6 heteroatoms. The van der Waals surface area contributed by atoms with Gasteiger partial charge in [-0.1, -0.05) is 36.4 Å². The third kappa shape index (κ3) is 3.23. The molecule has 1 aliphatic carbocycles. The third-order valence-electron chi connectivity index (χ3n) is 7.74. The van der Waals surface area contributed by atoms with E-state index in [2.05, 4.69) is 34.7 Å². The van der Waals surface area contributed by atoms with Gasteiger partial charge < -0.3 is 11.1 Å². The number of aromatic nitrogens is 4. The lowest BCUT2D eigenvalue weighted by Crippen LogP contribution is -2.37. The quantitative estimate of drug-likeness (QED) is 0.475. The van der Waals surface area contributed by atoms with Gasteiger partial charge in [-0.05, 0) is 50.5 Å². The van der Waals surface area contributed by atoms with Crippen LogP contribution in [-0.2, 0) is 0 Å². The molecule has 3 aromatic heterocycles. The van der Waals surface area contributed by atoms with E-state index >= 15 is 0 Å². The summed E-state index contributed by atoms with van der Waals surface area (Å²) in [6.45, 7) is 0. The summed E-state index contributed by atoms with van der Waals surface area (Å²) in [5.74, 6) is 1.81. The minimum absolute atomic E-state index is 0.480. The van der Waals surface area contributed by atoms with Crippen LogP contribution in [0.2, 0.25) is 0 Å². The van der Waals surface area contributed by atoms with Gasteiger partial charge in [-0.2, -0.15) is 9.61 Å². The summed E-state index contributed by atoms with van der Waals surface area (Å²) in [7, 11) is 0. The third-order valence-corrected chi connectivity index (χ3v) is 7.74. The van der Waals surface area contributed by atoms with Crippen molar-refractivity contribution in [2.45, 2.75) is 62.4 Å². The van der Waals surface area contributed by atoms with Crippen molar-refractivity contribution < 1.29 is 0 Å². The summed E-state index contributed by atoms with van der Waals surface area (Å²) >= 11 is 0. The van der Waals surface area contributed by atoms with Gasteiger partial charge in [0.05, 0.1) is 17.6 Å². The Morgan fingerprint density at radius 2 is 1.64 bits per heavy atom. The van der Waals surface area contributed by atoms with Crippen LogP contribution in [0.5, 0.6) is 0 Å². The van der Waals surface area contributed by atoms with E-state index in [-0.39, 0.29) is 0 Å². The second-order valence-electron chi connectivity index (χ2n) is 9.97. The Balaban J connectivity index is 1.32. The SMILES string of the molecule is Nc1c(C2CC2)c(C2CC3CC[C@H](C2)N3)nc2c(-c3ccc(-c4ccccc4)nc3)cnn12. The van der Waals surface area contributed by atoms with Crippen LogP contribution in [0.3, 0.4) is 0 Å². The second-order valence-corrected chi connectivity index (χ2v) is 9.97. The predicted molar refractivity (Wildman–Crippen MR) is 130 cm³/mol. The molecule has 3 atom stereocenters. The molecule has 5 heterocycles.